The number of ether oxygens (including phenoxy) is 1. The van der Waals surface area contributed by atoms with Crippen molar-refractivity contribution in [1.82, 2.24) is 24.5 Å². The number of pyridine rings is 2. The monoisotopic (exact) mass is 521 g/mol. The molecular weight excluding hydrogens is 505 g/mol. The fourth-order valence-corrected chi connectivity index (χ4v) is 5.06. The van der Waals surface area contributed by atoms with Gasteiger partial charge in [0.05, 0.1) is 41.3 Å². The number of aromatic amines is 2. The van der Waals surface area contributed by atoms with Gasteiger partial charge in [0.1, 0.15) is 22.4 Å². The lowest BCUT2D eigenvalue weighted by molar-refractivity contribution is 0.0687. The Bertz CT molecular complexity index is 1880. The lowest BCUT2D eigenvalue weighted by atomic mass is 9.97. The molecule has 4 aromatic heterocycles. The number of hydrogen-bond acceptors (Lipinski definition) is 6. The second kappa shape index (κ2) is 8.56. The maximum absolute atomic E-state index is 15.3. The third-order valence-electron chi connectivity index (χ3n) is 6.45. The zero-order valence-electron chi connectivity index (χ0n) is 19.0. The van der Waals surface area contributed by atoms with Gasteiger partial charge in [0, 0.05) is 22.9 Å². The van der Waals surface area contributed by atoms with Gasteiger partial charge in [-0.15, -0.1) is 0 Å². The zero-order chi connectivity index (χ0) is 25.8. The maximum atomic E-state index is 15.3. The van der Waals surface area contributed by atoms with Gasteiger partial charge in [0.25, 0.3) is 11.1 Å². The number of aromatic nitrogens is 5. The van der Waals surface area contributed by atoms with Gasteiger partial charge < -0.3 is 24.4 Å². The molecule has 6 rings (SSSR count). The van der Waals surface area contributed by atoms with Crippen molar-refractivity contribution >= 4 is 39.5 Å². The Balaban J connectivity index is 1.72. The molecule has 186 valence electrons. The van der Waals surface area contributed by atoms with Gasteiger partial charge in [0.15, 0.2) is 5.65 Å². The quantitative estimate of drug-likeness (QED) is 0.307. The third kappa shape index (κ3) is 3.58. The summed E-state index contributed by atoms with van der Waals surface area (Å²) in [7, 11) is 0. The van der Waals surface area contributed by atoms with Gasteiger partial charge in [-0.25, -0.2) is 19.2 Å². The molecule has 0 saturated heterocycles. The van der Waals surface area contributed by atoms with Crippen molar-refractivity contribution in [3.05, 3.63) is 85.3 Å². The first kappa shape index (κ1) is 22.9. The van der Waals surface area contributed by atoms with Crippen LogP contribution in [0.1, 0.15) is 28.0 Å². The van der Waals surface area contributed by atoms with E-state index in [1.807, 2.05) is 0 Å². The summed E-state index contributed by atoms with van der Waals surface area (Å²) in [4.78, 5) is 51.1. The summed E-state index contributed by atoms with van der Waals surface area (Å²) in [5, 5.41) is 10.8. The fourth-order valence-electron chi connectivity index (χ4n) is 4.87. The van der Waals surface area contributed by atoms with Crippen LogP contribution in [0.15, 0.2) is 46.4 Å². The van der Waals surface area contributed by atoms with Crippen LogP contribution >= 0.6 is 11.6 Å². The Labute approximate surface area is 211 Å². The lowest BCUT2D eigenvalue weighted by Gasteiger charge is -2.20. The molecule has 0 aliphatic carbocycles. The molecule has 0 fully saturated rings. The predicted octanol–water partition coefficient (Wildman–Crippen LogP) is 3.49. The number of rotatable bonds is 4. The van der Waals surface area contributed by atoms with Crippen LogP contribution in [0.3, 0.4) is 0 Å². The highest BCUT2D eigenvalue weighted by Crippen LogP contribution is 2.44. The minimum absolute atomic E-state index is 0.00224. The van der Waals surface area contributed by atoms with Gasteiger partial charge in [0.2, 0.25) is 0 Å². The van der Waals surface area contributed by atoms with Crippen molar-refractivity contribution in [1.29, 1.82) is 0 Å². The Morgan fingerprint density at radius 2 is 2.08 bits per heavy atom. The SMILES string of the molecule is O=C(O)c1c(-c2ccc[nH]c2=O)c2c3c(c(F)cc2n1Cc1cc2c(=O)[nH]cnc2nc1Cl)CCCO3. The highest BCUT2D eigenvalue weighted by Gasteiger charge is 2.31. The topological polar surface area (TPSA) is 143 Å². The van der Waals surface area contributed by atoms with Crippen LogP contribution in [0.5, 0.6) is 5.75 Å². The summed E-state index contributed by atoms with van der Waals surface area (Å²) in [6.07, 6.45) is 3.64. The number of halogens is 2. The maximum Gasteiger partial charge on any atom is 0.353 e. The Kier molecular flexibility index (Phi) is 5.30. The summed E-state index contributed by atoms with van der Waals surface area (Å²) in [6.45, 7) is 0.136. The first-order valence-electron chi connectivity index (χ1n) is 11.3. The molecule has 1 aliphatic rings. The van der Waals surface area contributed by atoms with E-state index in [4.69, 9.17) is 16.3 Å². The van der Waals surface area contributed by atoms with Crippen LogP contribution in [-0.2, 0) is 13.0 Å². The van der Waals surface area contributed by atoms with Crippen molar-refractivity contribution in [2.75, 3.05) is 6.61 Å². The van der Waals surface area contributed by atoms with E-state index in [0.717, 1.165) is 0 Å². The molecule has 10 nitrogen and oxygen atoms in total. The van der Waals surface area contributed by atoms with E-state index in [9.17, 15) is 19.5 Å². The van der Waals surface area contributed by atoms with Gasteiger partial charge in [-0.1, -0.05) is 11.6 Å². The van der Waals surface area contributed by atoms with E-state index in [1.54, 1.807) is 6.07 Å². The van der Waals surface area contributed by atoms with Crippen molar-refractivity contribution in [2.24, 2.45) is 0 Å². The highest BCUT2D eigenvalue weighted by atomic mass is 35.5. The molecule has 5 heterocycles. The van der Waals surface area contributed by atoms with Crippen LogP contribution in [0.25, 0.3) is 33.1 Å². The standard InChI is InChI=1S/C25H17ClFN5O5/c26-21-11(7-14-22(31-21)29-10-30-24(14)34)9-32-16-8-15(27)12-4-2-6-37-20(12)18(16)17(19(32)25(35)36)13-3-1-5-28-23(13)33/h1,3,5,7-8,10H,2,4,6,9H2,(H,28,33)(H,35,36)(H,29,30,31,34). The molecule has 0 bridgehead atoms. The van der Waals surface area contributed by atoms with Crippen molar-refractivity contribution in [3.8, 4) is 16.9 Å². The van der Waals surface area contributed by atoms with Crippen LogP contribution in [-0.4, -0.2) is 42.2 Å². The molecule has 0 spiro atoms. The number of nitrogens with one attached hydrogen (secondary N) is 2. The van der Waals surface area contributed by atoms with Crippen LogP contribution in [0, 0.1) is 5.82 Å². The third-order valence-corrected chi connectivity index (χ3v) is 6.78. The lowest BCUT2D eigenvalue weighted by Crippen LogP contribution is -2.14. The molecule has 0 amide bonds. The number of benzene rings is 1. The van der Waals surface area contributed by atoms with E-state index in [1.165, 1.54) is 35.3 Å². The number of H-pyrrole nitrogens is 2. The molecule has 12 heteroatoms. The molecular formula is C25H17ClFN5O5. The summed E-state index contributed by atoms with van der Waals surface area (Å²) in [6, 6.07) is 5.78. The molecule has 0 saturated carbocycles. The predicted molar refractivity (Wildman–Crippen MR) is 133 cm³/mol. The van der Waals surface area contributed by atoms with E-state index >= 15 is 4.39 Å². The Morgan fingerprint density at radius 1 is 1.24 bits per heavy atom. The summed E-state index contributed by atoms with van der Waals surface area (Å²) in [5.74, 6) is -1.68. The summed E-state index contributed by atoms with van der Waals surface area (Å²) in [5.41, 5.74) is -0.0726. The minimum Gasteiger partial charge on any atom is -0.492 e. The van der Waals surface area contributed by atoms with E-state index in [0.29, 0.717) is 36.0 Å². The average Bonchev–Trinajstić information content (AvgIpc) is 3.19. The first-order valence-corrected chi connectivity index (χ1v) is 11.7. The van der Waals surface area contributed by atoms with Crippen LogP contribution < -0.4 is 15.9 Å². The smallest absolute Gasteiger partial charge is 0.353 e. The average molecular weight is 522 g/mol. The number of hydrogen-bond donors (Lipinski definition) is 3. The molecule has 1 aliphatic heterocycles. The molecule has 3 N–H and O–H groups in total. The molecule has 0 unspecified atom stereocenters. The number of fused-ring (bicyclic) bond motifs is 4. The number of aromatic carboxylic acids is 1. The summed E-state index contributed by atoms with van der Waals surface area (Å²) >= 11 is 6.41. The first-order chi connectivity index (χ1) is 17.8. The molecule has 0 atom stereocenters. The van der Waals surface area contributed by atoms with E-state index in [2.05, 4.69) is 19.9 Å². The minimum atomic E-state index is -1.34. The molecule has 5 aromatic rings. The van der Waals surface area contributed by atoms with Gasteiger partial charge >= 0.3 is 5.97 Å². The van der Waals surface area contributed by atoms with Crippen molar-refractivity contribution in [2.45, 2.75) is 19.4 Å². The normalized spacial score (nSPS) is 13.0. The molecule has 37 heavy (non-hydrogen) atoms. The molecule has 0 radical (unpaired) electrons. The Morgan fingerprint density at radius 3 is 2.86 bits per heavy atom. The number of nitrogens with zero attached hydrogens (tertiary/aromatic N) is 3. The van der Waals surface area contributed by atoms with E-state index < -0.39 is 22.9 Å². The fraction of sp³-hybridized carbons (Fsp3) is 0.160. The van der Waals surface area contributed by atoms with Crippen molar-refractivity contribution < 1.29 is 19.0 Å². The highest BCUT2D eigenvalue weighted by molar-refractivity contribution is 6.30. The van der Waals surface area contributed by atoms with Crippen LogP contribution in [0.2, 0.25) is 5.15 Å². The van der Waals surface area contributed by atoms with E-state index in [-0.39, 0.29) is 50.8 Å². The molecule has 1 aromatic carbocycles. The number of carbonyl (C=O) groups is 1. The number of carboxylic acid groups (broad SMARTS) is 1. The largest absolute Gasteiger partial charge is 0.492 e. The van der Waals surface area contributed by atoms with Crippen LogP contribution in [0.4, 0.5) is 4.39 Å². The zero-order valence-corrected chi connectivity index (χ0v) is 19.7. The van der Waals surface area contributed by atoms with Gasteiger partial charge in [-0.3, -0.25) is 9.59 Å². The Hall–Kier alpha value is -4.51. The second-order valence-corrected chi connectivity index (χ2v) is 8.94. The van der Waals surface area contributed by atoms with Gasteiger partial charge in [-0.05, 0) is 37.1 Å². The van der Waals surface area contributed by atoms with Gasteiger partial charge in [-0.2, -0.15) is 0 Å². The number of carboxylic acids is 1. The second-order valence-electron chi connectivity index (χ2n) is 8.58. The van der Waals surface area contributed by atoms with Crippen molar-refractivity contribution in [3.63, 3.8) is 0 Å². The summed E-state index contributed by atoms with van der Waals surface area (Å²) < 4.78 is 22.5.